The average Bonchev–Trinajstić information content (AvgIpc) is 3.28. The van der Waals surface area contributed by atoms with E-state index in [4.69, 9.17) is 4.74 Å². The standard InChI is InChI=1S/C25H23N5O3/c1-33-21-11-5-9-19(13-21)24-22(17-30(29-24)16-18-7-3-2-4-8-18)25(32)27-15-23(31)28-20-10-6-12-26-14-20/h2-14,17H,15-16H2,1H3,(H,27,32)(H,28,31). The van der Waals surface area contributed by atoms with E-state index >= 15 is 0 Å². The highest BCUT2D eigenvalue weighted by molar-refractivity contribution is 6.02. The van der Waals surface area contributed by atoms with Gasteiger partial charge in [-0.15, -0.1) is 0 Å². The van der Waals surface area contributed by atoms with Crippen LogP contribution in [0, 0.1) is 0 Å². The van der Waals surface area contributed by atoms with Crippen molar-refractivity contribution in [3.05, 3.63) is 96.4 Å². The molecule has 2 aromatic carbocycles. The lowest BCUT2D eigenvalue weighted by Gasteiger charge is -2.07. The molecular formula is C25H23N5O3. The topological polar surface area (TPSA) is 98.1 Å². The van der Waals surface area contributed by atoms with Gasteiger partial charge in [-0.1, -0.05) is 42.5 Å². The van der Waals surface area contributed by atoms with Crippen molar-refractivity contribution < 1.29 is 14.3 Å². The van der Waals surface area contributed by atoms with Gasteiger partial charge < -0.3 is 15.4 Å². The minimum absolute atomic E-state index is 0.185. The Morgan fingerprint density at radius 2 is 1.88 bits per heavy atom. The second kappa shape index (κ2) is 10.2. The van der Waals surface area contributed by atoms with Crippen molar-refractivity contribution in [2.75, 3.05) is 19.0 Å². The van der Waals surface area contributed by atoms with Crippen LogP contribution in [0.15, 0.2) is 85.3 Å². The van der Waals surface area contributed by atoms with Crippen LogP contribution >= 0.6 is 0 Å². The van der Waals surface area contributed by atoms with Gasteiger partial charge in [-0.25, -0.2) is 0 Å². The molecule has 0 aliphatic heterocycles. The van der Waals surface area contributed by atoms with Gasteiger partial charge in [0.2, 0.25) is 5.91 Å². The normalized spacial score (nSPS) is 10.5. The van der Waals surface area contributed by atoms with Gasteiger partial charge in [-0.3, -0.25) is 19.3 Å². The highest BCUT2D eigenvalue weighted by Crippen LogP contribution is 2.26. The van der Waals surface area contributed by atoms with Crippen molar-refractivity contribution in [1.82, 2.24) is 20.1 Å². The molecule has 4 rings (SSSR count). The quantitative estimate of drug-likeness (QED) is 0.437. The molecule has 0 aliphatic carbocycles. The molecule has 2 amide bonds. The second-order valence-electron chi connectivity index (χ2n) is 7.28. The number of carbonyl (C=O) groups excluding carboxylic acids is 2. The highest BCUT2D eigenvalue weighted by Gasteiger charge is 2.19. The largest absolute Gasteiger partial charge is 0.497 e. The number of benzene rings is 2. The zero-order chi connectivity index (χ0) is 23.0. The van der Waals surface area contributed by atoms with Crippen LogP contribution in [0.25, 0.3) is 11.3 Å². The number of pyridine rings is 1. The molecule has 0 spiro atoms. The van der Waals surface area contributed by atoms with Crippen molar-refractivity contribution in [3.63, 3.8) is 0 Å². The van der Waals surface area contributed by atoms with Crippen molar-refractivity contribution in [3.8, 4) is 17.0 Å². The Morgan fingerprint density at radius 1 is 1.03 bits per heavy atom. The number of hydrogen-bond acceptors (Lipinski definition) is 5. The van der Waals surface area contributed by atoms with E-state index in [1.807, 2.05) is 54.6 Å². The Hall–Kier alpha value is -4.46. The maximum atomic E-state index is 13.0. The van der Waals surface area contributed by atoms with Crippen LogP contribution in [-0.2, 0) is 11.3 Å². The van der Waals surface area contributed by atoms with Crippen LogP contribution in [0.4, 0.5) is 5.69 Å². The van der Waals surface area contributed by atoms with Crippen LogP contribution in [0.1, 0.15) is 15.9 Å². The maximum Gasteiger partial charge on any atom is 0.255 e. The fourth-order valence-corrected chi connectivity index (χ4v) is 3.32. The SMILES string of the molecule is COc1cccc(-c2nn(Cc3ccccc3)cc2C(=O)NCC(=O)Nc2cccnc2)c1. The fraction of sp³-hybridized carbons (Fsp3) is 0.120. The van der Waals surface area contributed by atoms with Crippen LogP contribution in [-0.4, -0.2) is 40.2 Å². The number of aromatic nitrogens is 3. The Labute approximate surface area is 191 Å². The molecule has 0 saturated carbocycles. The summed E-state index contributed by atoms with van der Waals surface area (Å²) in [4.78, 5) is 29.2. The van der Waals surface area contributed by atoms with Crippen molar-refractivity contribution >= 4 is 17.5 Å². The van der Waals surface area contributed by atoms with Crippen LogP contribution in [0.3, 0.4) is 0 Å². The number of methoxy groups -OCH3 is 1. The molecule has 4 aromatic rings. The molecular weight excluding hydrogens is 418 g/mol. The molecule has 0 bridgehead atoms. The summed E-state index contributed by atoms with van der Waals surface area (Å²) in [6.07, 6.45) is 4.84. The number of rotatable bonds is 8. The molecule has 0 saturated heterocycles. The molecule has 0 atom stereocenters. The lowest BCUT2D eigenvalue weighted by atomic mass is 10.1. The molecule has 2 heterocycles. The fourth-order valence-electron chi connectivity index (χ4n) is 3.32. The maximum absolute atomic E-state index is 13.0. The summed E-state index contributed by atoms with van der Waals surface area (Å²) in [5.74, 6) is -0.0864. The third-order valence-electron chi connectivity index (χ3n) is 4.89. The summed E-state index contributed by atoms with van der Waals surface area (Å²) in [5.41, 5.74) is 3.24. The van der Waals surface area contributed by atoms with E-state index in [9.17, 15) is 9.59 Å². The summed E-state index contributed by atoms with van der Waals surface area (Å²) in [6, 6.07) is 20.6. The van der Waals surface area contributed by atoms with Crippen molar-refractivity contribution in [2.24, 2.45) is 0 Å². The molecule has 8 nitrogen and oxygen atoms in total. The summed E-state index contributed by atoms with van der Waals surface area (Å²) in [5, 5.41) is 10.0. The summed E-state index contributed by atoms with van der Waals surface area (Å²) in [6.45, 7) is 0.321. The Bertz CT molecular complexity index is 1240. The molecule has 0 aliphatic rings. The molecule has 0 radical (unpaired) electrons. The predicted molar refractivity (Wildman–Crippen MR) is 125 cm³/mol. The third-order valence-corrected chi connectivity index (χ3v) is 4.89. The first-order valence-corrected chi connectivity index (χ1v) is 10.4. The predicted octanol–water partition coefficient (Wildman–Crippen LogP) is 3.37. The molecule has 0 fully saturated rings. The molecule has 2 aromatic heterocycles. The number of carbonyl (C=O) groups is 2. The van der Waals surface area contributed by atoms with Gasteiger partial charge in [0.1, 0.15) is 11.4 Å². The highest BCUT2D eigenvalue weighted by atomic mass is 16.5. The van der Waals surface area contributed by atoms with Gasteiger partial charge in [0.25, 0.3) is 5.91 Å². The van der Waals surface area contributed by atoms with Gasteiger partial charge in [-0.05, 0) is 29.8 Å². The van der Waals surface area contributed by atoms with E-state index in [-0.39, 0.29) is 12.5 Å². The number of nitrogens with one attached hydrogen (secondary N) is 2. The smallest absolute Gasteiger partial charge is 0.255 e. The van der Waals surface area contributed by atoms with Gasteiger partial charge in [0, 0.05) is 18.0 Å². The Kier molecular flexibility index (Phi) is 6.75. The van der Waals surface area contributed by atoms with Crippen LogP contribution < -0.4 is 15.4 Å². The average molecular weight is 441 g/mol. The summed E-state index contributed by atoms with van der Waals surface area (Å²) >= 11 is 0. The first kappa shape index (κ1) is 21.8. The zero-order valence-electron chi connectivity index (χ0n) is 18.1. The number of amides is 2. The number of nitrogens with zero attached hydrogens (tertiary/aromatic N) is 3. The number of anilines is 1. The minimum Gasteiger partial charge on any atom is -0.497 e. The second-order valence-corrected chi connectivity index (χ2v) is 7.28. The van der Waals surface area contributed by atoms with Gasteiger partial charge >= 0.3 is 0 Å². The van der Waals surface area contributed by atoms with Crippen molar-refractivity contribution in [1.29, 1.82) is 0 Å². The summed E-state index contributed by atoms with van der Waals surface area (Å²) in [7, 11) is 1.58. The molecule has 8 heteroatoms. The Balaban J connectivity index is 1.55. The van der Waals surface area contributed by atoms with Gasteiger partial charge in [-0.2, -0.15) is 5.10 Å². The molecule has 33 heavy (non-hydrogen) atoms. The lowest BCUT2D eigenvalue weighted by molar-refractivity contribution is -0.115. The zero-order valence-corrected chi connectivity index (χ0v) is 18.1. The van der Waals surface area contributed by atoms with Gasteiger partial charge in [0.05, 0.1) is 37.6 Å². The first-order valence-electron chi connectivity index (χ1n) is 10.4. The van der Waals surface area contributed by atoms with E-state index < -0.39 is 5.91 Å². The van der Waals surface area contributed by atoms with E-state index in [2.05, 4.69) is 20.7 Å². The third kappa shape index (κ3) is 5.62. The van der Waals surface area contributed by atoms with Crippen LogP contribution in [0.2, 0.25) is 0 Å². The van der Waals surface area contributed by atoms with E-state index in [0.717, 1.165) is 11.1 Å². The molecule has 2 N–H and O–H groups in total. The van der Waals surface area contributed by atoms with Crippen molar-refractivity contribution in [2.45, 2.75) is 6.54 Å². The number of hydrogen-bond donors (Lipinski definition) is 2. The lowest BCUT2D eigenvalue weighted by Crippen LogP contribution is -2.33. The molecule has 0 unspecified atom stereocenters. The van der Waals surface area contributed by atoms with E-state index in [0.29, 0.717) is 29.2 Å². The number of ether oxygens (including phenoxy) is 1. The summed E-state index contributed by atoms with van der Waals surface area (Å²) < 4.78 is 7.04. The van der Waals surface area contributed by atoms with Gasteiger partial charge in [0.15, 0.2) is 0 Å². The minimum atomic E-state index is -0.395. The van der Waals surface area contributed by atoms with Crippen LogP contribution in [0.5, 0.6) is 5.75 Å². The molecule has 166 valence electrons. The monoisotopic (exact) mass is 441 g/mol. The first-order chi connectivity index (χ1) is 16.1. The Morgan fingerprint density at radius 3 is 2.64 bits per heavy atom. The van der Waals surface area contributed by atoms with E-state index in [1.54, 1.807) is 36.3 Å². The van der Waals surface area contributed by atoms with E-state index in [1.165, 1.54) is 6.20 Å².